The third-order valence-corrected chi connectivity index (χ3v) is 2.50. The van der Waals surface area contributed by atoms with Crippen molar-refractivity contribution in [2.75, 3.05) is 7.05 Å². The van der Waals surface area contributed by atoms with Gasteiger partial charge in [0.1, 0.15) is 0 Å². The van der Waals surface area contributed by atoms with E-state index < -0.39 is 0 Å². The molecule has 0 bridgehead atoms. The Hall–Kier alpha value is -0.960. The summed E-state index contributed by atoms with van der Waals surface area (Å²) in [6.07, 6.45) is 7.41. The van der Waals surface area contributed by atoms with E-state index in [1.807, 2.05) is 13.2 Å². The van der Waals surface area contributed by atoms with Gasteiger partial charge in [0.05, 0.1) is 5.69 Å². The molecule has 0 aliphatic heterocycles. The lowest BCUT2D eigenvalue weighted by Gasteiger charge is -2.19. The van der Waals surface area contributed by atoms with E-state index in [9.17, 15) is 0 Å². The van der Waals surface area contributed by atoms with Crippen molar-refractivity contribution in [3.05, 3.63) is 24.3 Å². The highest BCUT2D eigenvalue weighted by Crippen LogP contribution is 2.08. The van der Waals surface area contributed by atoms with Gasteiger partial charge in [-0.2, -0.15) is 0 Å². The molecule has 0 aliphatic rings. The van der Waals surface area contributed by atoms with Gasteiger partial charge in [0.15, 0.2) is 0 Å². The van der Waals surface area contributed by atoms with Crippen molar-refractivity contribution in [3.8, 4) is 0 Å². The van der Waals surface area contributed by atoms with Gasteiger partial charge in [-0.25, -0.2) is 0 Å². The van der Waals surface area contributed by atoms with Crippen LogP contribution in [0.25, 0.3) is 0 Å². The van der Waals surface area contributed by atoms with Gasteiger partial charge in [-0.05, 0) is 25.8 Å². The Morgan fingerprint density at radius 3 is 2.64 bits per heavy atom. The average Bonchev–Trinajstić information content (AvgIpc) is 2.20. The van der Waals surface area contributed by atoms with Crippen molar-refractivity contribution < 1.29 is 0 Å². The zero-order valence-corrected chi connectivity index (χ0v) is 9.20. The summed E-state index contributed by atoms with van der Waals surface area (Å²) in [5, 5.41) is 3.32. The first-order chi connectivity index (χ1) is 6.74. The van der Waals surface area contributed by atoms with Gasteiger partial charge >= 0.3 is 0 Å². The Morgan fingerprint density at radius 2 is 2.14 bits per heavy atom. The van der Waals surface area contributed by atoms with E-state index in [2.05, 4.69) is 29.1 Å². The molecule has 1 aromatic rings. The molecule has 1 unspecified atom stereocenters. The molecule has 0 aliphatic carbocycles. The Labute approximate surface area is 86.0 Å². The van der Waals surface area contributed by atoms with Crippen LogP contribution in [-0.2, 0) is 6.42 Å². The lowest BCUT2D eigenvalue weighted by atomic mass is 9.99. The van der Waals surface area contributed by atoms with Crippen molar-refractivity contribution in [1.29, 1.82) is 0 Å². The van der Waals surface area contributed by atoms with Crippen molar-refractivity contribution in [1.82, 2.24) is 15.3 Å². The predicted molar refractivity (Wildman–Crippen MR) is 58.0 cm³/mol. The number of nitrogens with one attached hydrogen (secondary N) is 1. The number of aryl methyl sites for hydroxylation is 1. The first kappa shape index (κ1) is 11.1. The molecule has 3 nitrogen and oxygen atoms in total. The van der Waals surface area contributed by atoms with Gasteiger partial charge in [-0.3, -0.25) is 9.97 Å². The molecule has 0 saturated heterocycles. The monoisotopic (exact) mass is 193 g/mol. The Morgan fingerprint density at radius 1 is 1.36 bits per heavy atom. The molecule has 0 amide bonds. The summed E-state index contributed by atoms with van der Waals surface area (Å²) in [4.78, 5) is 8.30. The summed E-state index contributed by atoms with van der Waals surface area (Å²) in [5.41, 5.74) is 1.08. The molecule has 0 radical (unpaired) electrons. The van der Waals surface area contributed by atoms with Gasteiger partial charge in [0.2, 0.25) is 0 Å². The Bertz CT molecular complexity index is 246. The number of nitrogens with zero attached hydrogens (tertiary/aromatic N) is 2. The summed E-state index contributed by atoms with van der Waals surface area (Å²) in [5.74, 6) is 0.664. The van der Waals surface area contributed by atoms with E-state index in [1.165, 1.54) is 0 Å². The van der Waals surface area contributed by atoms with E-state index in [0.29, 0.717) is 12.0 Å². The molecular formula is C11H19N3. The van der Waals surface area contributed by atoms with Crippen LogP contribution >= 0.6 is 0 Å². The second kappa shape index (κ2) is 5.70. The SMILES string of the molecule is CNC(CCc1cnccn1)C(C)C. The molecule has 0 spiro atoms. The van der Waals surface area contributed by atoms with E-state index >= 15 is 0 Å². The molecule has 3 heteroatoms. The largest absolute Gasteiger partial charge is 0.317 e. The molecule has 0 aromatic carbocycles. The van der Waals surface area contributed by atoms with Crippen molar-refractivity contribution >= 4 is 0 Å². The van der Waals surface area contributed by atoms with Crippen LogP contribution in [0.4, 0.5) is 0 Å². The van der Waals surface area contributed by atoms with Crippen LogP contribution in [-0.4, -0.2) is 23.1 Å². The highest BCUT2D eigenvalue weighted by molar-refractivity contribution is 4.95. The normalized spacial score (nSPS) is 13.1. The second-order valence-electron chi connectivity index (χ2n) is 3.87. The first-order valence-electron chi connectivity index (χ1n) is 5.16. The summed E-state index contributed by atoms with van der Waals surface area (Å²) >= 11 is 0. The van der Waals surface area contributed by atoms with E-state index in [1.54, 1.807) is 12.4 Å². The summed E-state index contributed by atoms with van der Waals surface area (Å²) in [7, 11) is 2.02. The molecule has 1 atom stereocenters. The summed E-state index contributed by atoms with van der Waals surface area (Å²) in [6, 6.07) is 0.567. The maximum absolute atomic E-state index is 4.25. The standard InChI is InChI=1S/C11H19N3/c1-9(2)11(12-3)5-4-10-8-13-6-7-14-10/h6-9,11-12H,4-5H2,1-3H3. The molecular weight excluding hydrogens is 174 g/mol. The van der Waals surface area contributed by atoms with Crippen molar-refractivity contribution in [2.24, 2.45) is 5.92 Å². The molecule has 0 saturated carbocycles. The highest BCUT2D eigenvalue weighted by Gasteiger charge is 2.10. The quantitative estimate of drug-likeness (QED) is 0.772. The maximum atomic E-state index is 4.25. The van der Waals surface area contributed by atoms with Crippen molar-refractivity contribution in [2.45, 2.75) is 32.7 Å². The topological polar surface area (TPSA) is 37.8 Å². The first-order valence-corrected chi connectivity index (χ1v) is 5.16. The van der Waals surface area contributed by atoms with Gasteiger partial charge in [-0.1, -0.05) is 13.8 Å². The average molecular weight is 193 g/mol. The van der Waals surface area contributed by atoms with Gasteiger partial charge in [-0.15, -0.1) is 0 Å². The minimum atomic E-state index is 0.567. The van der Waals surface area contributed by atoms with Crippen LogP contribution in [0.5, 0.6) is 0 Å². The van der Waals surface area contributed by atoms with Crippen LogP contribution in [0.15, 0.2) is 18.6 Å². The van der Waals surface area contributed by atoms with Gasteiger partial charge < -0.3 is 5.32 Å². The molecule has 1 heterocycles. The fraction of sp³-hybridized carbons (Fsp3) is 0.636. The highest BCUT2D eigenvalue weighted by atomic mass is 14.9. The van der Waals surface area contributed by atoms with E-state index in [0.717, 1.165) is 18.5 Å². The van der Waals surface area contributed by atoms with Gasteiger partial charge in [0, 0.05) is 24.6 Å². The van der Waals surface area contributed by atoms with Crippen LogP contribution in [0.2, 0.25) is 0 Å². The fourth-order valence-electron chi connectivity index (χ4n) is 1.57. The lowest BCUT2D eigenvalue weighted by molar-refractivity contribution is 0.401. The Kier molecular flexibility index (Phi) is 4.53. The smallest absolute Gasteiger partial charge is 0.0587 e. The molecule has 1 N–H and O–H groups in total. The zero-order valence-electron chi connectivity index (χ0n) is 9.20. The maximum Gasteiger partial charge on any atom is 0.0587 e. The van der Waals surface area contributed by atoms with E-state index in [4.69, 9.17) is 0 Å². The van der Waals surface area contributed by atoms with Crippen LogP contribution in [0, 0.1) is 5.92 Å². The summed E-state index contributed by atoms with van der Waals surface area (Å²) < 4.78 is 0. The lowest BCUT2D eigenvalue weighted by Crippen LogP contribution is -2.31. The molecule has 1 rings (SSSR count). The third-order valence-electron chi connectivity index (χ3n) is 2.50. The molecule has 1 aromatic heterocycles. The second-order valence-corrected chi connectivity index (χ2v) is 3.87. The fourth-order valence-corrected chi connectivity index (χ4v) is 1.57. The summed E-state index contributed by atoms with van der Waals surface area (Å²) in [6.45, 7) is 4.47. The van der Waals surface area contributed by atoms with E-state index in [-0.39, 0.29) is 0 Å². The number of aromatic nitrogens is 2. The Balaban J connectivity index is 2.40. The van der Waals surface area contributed by atoms with Crippen LogP contribution in [0.1, 0.15) is 26.0 Å². The zero-order chi connectivity index (χ0) is 10.4. The van der Waals surface area contributed by atoms with Crippen LogP contribution in [0.3, 0.4) is 0 Å². The minimum Gasteiger partial charge on any atom is -0.317 e. The number of rotatable bonds is 5. The predicted octanol–water partition coefficient (Wildman–Crippen LogP) is 1.65. The van der Waals surface area contributed by atoms with Crippen molar-refractivity contribution in [3.63, 3.8) is 0 Å². The number of hydrogen-bond acceptors (Lipinski definition) is 3. The molecule has 0 fully saturated rings. The minimum absolute atomic E-state index is 0.567. The number of hydrogen-bond donors (Lipinski definition) is 1. The van der Waals surface area contributed by atoms with Gasteiger partial charge in [0.25, 0.3) is 0 Å². The third kappa shape index (κ3) is 3.42. The molecule has 14 heavy (non-hydrogen) atoms. The van der Waals surface area contributed by atoms with Crippen LogP contribution < -0.4 is 5.32 Å². The molecule has 78 valence electrons.